The Hall–Kier alpha value is -2.58. The van der Waals surface area contributed by atoms with Crippen molar-refractivity contribution in [1.29, 1.82) is 0 Å². The highest BCUT2D eigenvalue weighted by molar-refractivity contribution is 5.73. The highest BCUT2D eigenvalue weighted by Crippen LogP contribution is 2.50. The number of ether oxygens (including phenoxy) is 1. The van der Waals surface area contributed by atoms with Crippen LogP contribution in [0.1, 0.15) is 76.6 Å². The normalized spacial score (nSPS) is 24.5. The van der Waals surface area contributed by atoms with Crippen LogP contribution < -0.4 is 15.4 Å². The molecule has 202 valence electrons. The molecule has 0 bridgehead atoms. The van der Waals surface area contributed by atoms with E-state index in [1.54, 1.807) is 0 Å². The first kappa shape index (κ1) is 27.5. The molecule has 1 saturated carbocycles. The molecule has 4 rings (SSSR count). The van der Waals surface area contributed by atoms with E-state index in [9.17, 15) is 18.7 Å². The van der Waals surface area contributed by atoms with Gasteiger partial charge in [-0.3, -0.25) is 4.79 Å². The number of aliphatic hydroxyl groups excluding tert-OH is 1. The number of aromatic nitrogens is 1. The van der Waals surface area contributed by atoms with Gasteiger partial charge in [-0.2, -0.15) is 0 Å². The first-order chi connectivity index (χ1) is 17.3. The molecule has 1 amide bonds. The topological polar surface area (TPSA) is 83.5 Å². The largest absolute Gasteiger partial charge is 0.471 e. The molecule has 2 aromatic rings. The van der Waals surface area contributed by atoms with Gasteiger partial charge >= 0.3 is 0 Å². The number of pyridine rings is 1. The van der Waals surface area contributed by atoms with Gasteiger partial charge in [-0.25, -0.2) is 13.8 Å². The fourth-order valence-electron chi connectivity index (χ4n) is 5.82. The molecule has 1 aliphatic carbocycles. The van der Waals surface area contributed by atoms with Gasteiger partial charge in [-0.1, -0.05) is 39.8 Å². The minimum absolute atomic E-state index is 0.0326. The van der Waals surface area contributed by atoms with Gasteiger partial charge in [-0.05, 0) is 60.3 Å². The van der Waals surface area contributed by atoms with E-state index in [1.165, 1.54) is 19.1 Å². The number of hydrogen-bond acceptors (Lipinski definition) is 5. The van der Waals surface area contributed by atoms with Gasteiger partial charge in [0.25, 0.3) is 0 Å². The van der Waals surface area contributed by atoms with Crippen molar-refractivity contribution in [3.8, 4) is 5.88 Å². The van der Waals surface area contributed by atoms with Crippen molar-refractivity contribution in [1.82, 2.24) is 15.6 Å². The number of halogens is 2. The number of nitrogens with zero attached hydrogens (tertiary/aromatic N) is 1. The van der Waals surface area contributed by atoms with Gasteiger partial charge in [0, 0.05) is 37.7 Å². The average Bonchev–Trinajstić information content (AvgIpc) is 2.78. The Labute approximate surface area is 218 Å². The van der Waals surface area contributed by atoms with Gasteiger partial charge in [-0.15, -0.1) is 0 Å². The smallest absolute Gasteiger partial charge is 0.218 e. The Balaban J connectivity index is 1.53. The molecule has 0 radical (unpaired) electrons. The van der Waals surface area contributed by atoms with Crippen molar-refractivity contribution in [2.24, 2.45) is 11.3 Å². The number of benzene rings is 1. The van der Waals surface area contributed by atoms with Crippen LogP contribution in [0.4, 0.5) is 8.78 Å². The van der Waals surface area contributed by atoms with Crippen LogP contribution >= 0.6 is 0 Å². The number of hydrogen-bond donors (Lipinski definition) is 3. The molecule has 2 heterocycles. The first-order valence-electron chi connectivity index (χ1n) is 13.1. The molecular formula is C29H39F2N3O3. The molecule has 6 nitrogen and oxygen atoms in total. The summed E-state index contributed by atoms with van der Waals surface area (Å²) >= 11 is 0. The summed E-state index contributed by atoms with van der Waals surface area (Å²) in [5, 5.41) is 17.3. The quantitative estimate of drug-likeness (QED) is 0.477. The Morgan fingerprint density at radius 1 is 1.27 bits per heavy atom. The SMILES string of the molecule is CC(=O)N[C@@H](Cc1cccc(F)c1F)[C@H](O)CN[C@H]1C[C@]2(C[C@H](C)C2)Oc2ncc(CC(C)(C)C)cc21. The van der Waals surface area contributed by atoms with Crippen LogP contribution in [0.25, 0.3) is 0 Å². The number of carbonyl (C=O) groups is 1. The molecule has 0 unspecified atom stereocenters. The van der Waals surface area contributed by atoms with Crippen molar-refractivity contribution in [2.75, 3.05) is 6.54 Å². The van der Waals surface area contributed by atoms with E-state index in [0.717, 1.165) is 42.9 Å². The van der Waals surface area contributed by atoms with Crippen molar-refractivity contribution in [3.05, 3.63) is 58.8 Å². The number of nitrogens with one attached hydrogen (secondary N) is 2. The fraction of sp³-hybridized carbons (Fsp3) is 0.586. The van der Waals surface area contributed by atoms with Gasteiger partial charge in [0.05, 0.1) is 12.1 Å². The zero-order valence-corrected chi connectivity index (χ0v) is 22.4. The van der Waals surface area contributed by atoms with E-state index >= 15 is 0 Å². The third kappa shape index (κ3) is 6.65. The predicted octanol–water partition coefficient (Wildman–Crippen LogP) is 4.64. The summed E-state index contributed by atoms with van der Waals surface area (Å²) in [6.07, 6.45) is 4.35. The number of aliphatic hydroxyl groups is 1. The van der Waals surface area contributed by atoms with E-state index in [-0.39, 0.29) is 41.5 Å². The van der Waals surface area contributed by atoms with Crippen molar-refractivity contribution in [2.45, 2.75) is 90.5 Å². The molecule has 2 aliphatic rings. The third-order valence-electron chi connectivity index (χ3n) is 7.27. The van der Waals surface area contributed by atoms with Crippen LogP contribution in [-0.4, -0.2) is 40.3 Å². The van der Waals surface area contributed by atoms with Crippen LogP contribution in [-0.2, 0) is 17.6 Å². The van der Waals surface area contributed by atoms with Crippen LogP contribution in [0, 0.1) is 23.0 Å². The second kappa shape index (κ2) is 10.7. The number of amides is 1. The van der Waals surface area contributed by atoms with Crippen molar-refractivity contribution in [3.63, 3.8) is 0 Å². The molecule has 3 atom stereocenters. The van der Waals surface area contributed by atoms with Gasteiger partial charge in [0.1, 0.15) is 5.60 Å². The molecule has 8 heteroatoms. The van der Waals surface area contributed by atoms with E-state index in [1.807, 2.05) is 6.20 Å². The summed E-state index contributed by atoms with van der Waals surface area (Å²) < 4.78 is 34.5. The molecule has 3 N–H and O–H groups in total. The standard InChI is InChI=1S/C29H39F2N3O3/c1-17-11-29(12-17)14-24(21-9-19(13-28(3,4)5)15-33-27(21)37-29)32-16-25(36)23(34-18(2)35)10-20-7-6-8-22(30)26(20)31/h6-9,15,17,23-25,32,36H,10-14,16H2,1-5H3,(H,34,35)/t17-,23-,24-,25+,29+/m0/s1. The minimum Gasteiger partial charge on any atom is -0.471 e. The molecule has 0 saturated heterocycles. The maximum Gasteiger partial charge on any atom is 0.218 e. The highest BCUT2D eigenvalue weighted by Gasteiger charge is 2.49. The lowest BCUT2D eigenvalue weighted by molar-refractivity contribution is -0.120. The Bertz CT molecular complexity index is 1130. The van der Waals surface area contributed by atoms with Crippen LogP contribution in [0.3, 0.4) is 0 Å². The zero-order chi connectivity index (χ0) is 27.0. The second-order valence-corrected chi connectivity index (χ2v) is 12.2. The lowest BCUT2D eigenvalue weighted by Gasteiger charge is -2.50. The summed E-state index contributed by atoms with van der Waals surface area (Å²) in [6, 6.07) is 5.19. The number of rotatable bonds is 8. The Kier molecular flexibility index (Phi) is 7.91. The molecule has 1 fully saturated rings. The first-order valence-corrected chi connectivity index (χ1v) is 13.1. The summed E-state index contributed by atoms with van der Waals surface area (Å²) in [4.78, 5) is 16.5. The van der Waals surface area contributed by atoms with Crippen LogP contribution in [0.2, 0.25) is 0 Å². The van der Waals surface area contributed by atoms with Crippen molar-refractivity contribution >= 4 is 5.91 Å². The number of carbonyl (C=O) groups excluding carboxylic acids is 1. The molecule has 1 aromatic carbocycles. The third-order valence-corrected chi connectivity index (χ3v) is 7.27. The fourth-order valence-corrected chi connectivity index (χ4v) is 5.82. The van der Waals surface area contributed by atoms with Gasteiger partial charge in [0.15, 0.2) is 11.6 Å². The molecular weight excluding hydrogens is 476 g/mol. The average molecular weight is 516 g/mol. The van der Waals surface area contributed by atoms with Gasteiger partial charge < -0.3 is 20.5 Å². The van der Waals surface area contributed by atoms with Crippen LogP contribution in [0.15, 0.2) is 30.5 Å². The van der Waals surface area contributed by atoms with Gasteiger partial charge in [0.2, 0.25) is 11.8 Å². The maximum atomic E-state index is 14.3. The Morgan fingerprint density at radius 3 is 2.65 bits per heavy atom. The lowest BCUT2D eigenvalue weighted by atomic mass is 9.67. The highest BCUT2D eigenvalue weighted by atomic mass is 19.2. The second-order valence-electron chi connectivity index (χ2n) is 12.2. The van der Waals surface area contributed by atoms with Crippen LogP contribution in [0.5, 0.6) is 5.88 Å². The Morgan fingerprint density at radius 2 is 2.00 bits per heavy atom. The van der Waals surface area contributed by atoms with E-state index in [4.69, 9.17) is 4.74 Å². The number of fused-ring (bicyclic) bond motifs is 1. The summed E-state index contributed by atoms with van der Waals surface area (Å²) in [7, 11) is 0. The summed E-state index contributed by atoms with van der Waals surface area (Å²) in [6.45, 7) is 10.3. The predicted molar refractivity (Wildman–Crippen MR) is 138 cm³/mol. The van der Waals surface area contributed by atoms with Crippen molar-refractivity contribution < 1.29 is 23.4 Å². The maximum absolute atomic E-state index is 14.3. The van der Waals surface area contributed by atoms with E-state index in [2.05, 4.69) is 49.4 Å². The minimum atomic E-state index is -1.03. The molecule has 1 aromatic heterocycles. The molecule has 1 spiro atoms. The zero-order valence-electron chi connectivity index (χ0n) is 22.4. The van der Waals surface area contributed by atoms with E-state index in [0.29, 0.717) is 11.8 Å². The molecule has 37 heavy (non-hydrogen) atoms. The summed E-state index contributed by atoms with van der Waals surface area (Å²) in [5.41, 5.74) is 2.03. The molecule has 1 aliphatic heterocycles. The summed E-state index contributed by atoms with van der Waals surface area (Å²) in [5.74, 6) is -1.06. The monoisotopic (exact) mass is 515 g/mol. The lowest BCUT2D eigenvalue weighted by Crippen LogP contribution is -2.54. The van der Waals surface area contributed by atoms with E-state index < -0.39 is 23.8 Å².